The van der Waals surface area contributed by atoms with Gasteiger partial charge in [0.15, 0.2) is 5.78 Å². The van der Waals surface area contributed by atoms with Crippen molar-refractivity contribution in [1.29, 1.82) is 0 Å². The van der Waals surface area contributed by atoms with E-state index >= 15 is 0 Å². The lowest BCUT2D eigenvalue weighted by molar-refractivity contribution is -0.119. The zero-order valence-corrected chi connectivity index (χ0v) is 15.3. The number of ketones is 1. The Morgan fingerprint density at radius 2 is 1.76 bits per heavy atom. The maximum atomic E-state index is 12.9. The number of nitrogens with zero attached hydrogens (tertiary/aromatic N) is 1. The molecule has 2 aromatic rings. The average Bonchev–Trinajstić information content (AvgIpc) is 3.31. The maximum absolute atomic E-state index is 12.9. The van der Waals surface area contributed by atoms with Gasteiger partial charge in [-0.1, -0.05) is 31.0 Å². The minimum atomic E-state index is 0.298. The highest BCUT2D eigenvalue weighted by Gasteiger charge is 2.36. The van der Waals surface area contributed by atoms with Gasteiger partial charge in [-0.2, -0.15) is 0 Å². The number of carbonyl (C=O) groups is 1. The number of rotatable bonds is 3. The molecule has 1 heterocycles. The molecule has 0 aliphatic heterocycles. The van der Waals surface area contributed by atoms with Gasteiger partial charge < -0.3 is 4.57 Å². The van der Waals surface area contributed by atoms with Gasteiger partial charge in [0.2, 0.25) is 0 Å². The summed E-state index contributed by atoms with van der Waals surface area (Å²) in [7, 11) is 0. The first-order chi connectivity index (χ1) is 12.1. The summed E-state index contributed by atoms with van der Waals surface area (Å²) in [6.07, 6.45) is 9.32. The number of aryl methyl sites for hydroxylation is 1. The number of hydrogen-bond acceptors (Lipinski definition) is 1. The van der Waals surface area contributed by atoms with Crippen LogP contribution in [0.1, 0.15) is 55.5 Å². The van der Waals surface area contributed by atoms with E-state index in [0.29, 0.717) is 17.6 Å². The third-order valence-corrected chi connectivity index (χ3v) is 6.16. The summed E-state index contributed by atoms with van der Waals surface area (Å²) in [5, 5.41) is 0. The van der Waals surface area contributed by atoms with Crippen LogP contribution in [0.15, 0.2) is 42.0 Å². The fourth-order valence-corrected chi connectivity index (χ4v) is 4.85. The van der Waals surface area contributed by atoms with Crippen molar-refractivity contribution in [3.63, 3.8) is 0 Å². The van der Waals surface area contributed by atoms with Gasteiger partial charge in [0.25, 0.3) is 0 Å². The molecule has 1 atom stereocenters. The molecule has 1 unspecified atom stereocenters. The van der Waals surface area contributed by atoms with Gasteiger partial charge in [-0.05, 0) is 80.9 Å². The monoisotopic (exact) mass is 333 g/mol. The quantitative estimate of drug-likeness (QED) is 0.666. The zero-order chi connectivity index (χ0) is 17.4. The van der Waals surface area contributed by atoms with Crippen LogP contribution in [0.25, 0.3) is 11.8 Å². The normalized spacial score (nSPS) is 23.0. The van der Waals surface area contributed by atoms with E-state index in [1.54, 1.807) is 0 Å². The van der Waals surface area contributed by atoms with E-state index in [0.717, 1.165) is 18.4 Å². The highest BCUT2D eigenvalue weighted by Crippen LogP contribution is 2.41. The third-order valence-electron chi connectivity index (χ3n) is 6.16. The highest BCUT2D eigenvalue weighted by atomic mass is 16.1. The SMILES string of the molecule is Cc1cc(/C=C2\CCC(C3CCCC3)C2=O)c(C)n1-c1ccccc1. The number of aromatic nitrogens is 1. The van der Waals surface area contributed by atoms with Gasteiger partial charge >= 0.3 is 0 Å². The van der Waals surface area contributed by atoms with E-state index in [1.807, 2.05) is 6.07 Å². The lowest BCUT2D eigenvalue weighted by Gasteiger charge is -2.15. The molecule has 25 heavy (non-hydrogen) atoms. The summed E-state index contributed by atoms with van der Waals surface area (Å²) in [4.78, 5) is 12.9. The van der Waals surface area contributed by atoms with Crippen LogP contribution in [0.4, 0.5) is 0 Å². The smallest absolute Gasteiger partial charge is 0.162 e. The molecule has 2 heteroatoms. The highest BCUT2D eigenvalue weighted by molar-refractivity contribution is 6.03. The van der Waals surface area contributed by atoms with Gasteiger partial charge in [-0.25, -0.2) is 0 Å². The molecule has 2 aliphatic carbocycles. The fraction of sp³-hybridized carbons (Fsp3) is 0.435. The number of benzene rings is 1. The number of allylic oxidation sites excluding steroid dienone is 1. The van der Waals surface area contributed by atoms with Crippen molar-refractivity contribution in [2.75, 3.05) is 0 Å². The van der Waals surface area contributed by atoms with E-state index in [9.17, 15) is 4.79 Å². The Morgan fingerprint density at radius 3 is 2.48 bits per heavy atom. The Labute approximate surface area is 150 Å². The Balaban J connectivity index is 1.63. The molecule has 2 fully saturated rings. The number of hydrogen-bond donors (Lipinski definition) is 0. The van der Waals surface area contributed by atoms with E-state index in [4.69, 9.17) is 0 Å². The Hall–Kier alpha value is -2.09. The predicted molar refractivity (Wildman–Crippen MR) is 103 cm³/mol. The molecule has 1 aromatic carbocycles. The number of carbonyl (C=O) groups excluding carboxylic acids is 1. The lowest BCUT2D eigenvalue weighted by atomic mass is 9.88. The summed E-state index contributed by atoms with van der Waals surface area (Å²) in [5.41, 5.74) is 5.85. The lowest BCUT2D eigenvalue weighted by Crippen LogP contribution is -2.16. The molecule has 0 amide bonds. The van der Waals surface area contributed by atoms with Crippen LogP contribution < -0.4 is 0 Å². The Morgan fingerprint density at radius 1 is 1.04 bits per heavy atom. The molecule has 2 aliphatic rings. The largest absolute Gasteiger partial charge is 0.318 e. The number of Topliss-reactive ketones (excluding diaryl/α,β-unsaturated/α-hetero) is 1. The molecule has 0 bridgehead atoms. The predicted octanol–water partition coefficient (Wildman–Crippen LogP) is 5.65. The summed E-state index contributed by atoms with van der Waals surface area (Å²) >= 11 is 0. The van der Waals surface area contributed by atoms with Gasteiger partial charge in [-0.3, -0.25) is 4.79 Å². The molecule has 0 N–H and O–H groups in total. The Bertz CT molecular complexity index is 806. The second kappa shape index (κ2) is 6.67. The van der Waals surface area contributed by atoms with Crippen molar-refractivity contribution >= 4 is 11.9 Å². The minimum Gasteiger partial charge on any atom is -0.318 e. The molecule has 2 nitrogen and oxygen atoms in total. The minimum absolute atomic E-state index is 0.298. The van der Waals surface area contributed by atoms with Crippen molar-refractivity contribution in [3.8, 4) is 5.69 Å². The van der Waals surface area contributed by atoms with Crippen LogP contribution in [-0.4, -0.2) is 10.4 Å². The van der Waals surface area contributed by atoms with Crippen molar-refractivity contribution in [2.24, 2.45) is 11.8 Å². The summed E-state index contributed by atoms with van der Waals surface area (Å²) in [6.45, 7) is 4.29. The van der Waals surface area contributed by atoms with Gasteiger partial charge in [0.05, 0.1) is 0 Å². The molecule has 130 valence electrons. The van der Waals surface area contributed by atoms with Gasteiger partial charge in [-0.15, -0.1) is 0 Å². The third kappa shape index (κ3) is 2.99. The van der Waals surface area contributed by atoms with Crippen molar-refractivity contribution in [3.05, 3.63) is 58.9 Å². The molecule has 0 spiro atoms. The van der Waals surface area contributed by atoms with Crippen LogP contribution in [0.3, 0.4) is 0 Å². The van der Waals surface area contributed by atoms with E-state index in [1.165, 1.54) is 48.3 Å². The van der Waals surface area contributed by atoms with E-state index in [-0.39, 0.29) is 0 Å². The topological polar surface area (TPSA) is 22.0 Å². The Kier molecular flexibility index (Phi) is 4.37. The van der Waals surface area contributed by atoms with Gasteiger partial charge in [0.1, 0.15) is 0 Å². The zero-order valence-electron chi connectivity index (χ0n) is 15.3. The summed E-state index contributed by atoms with van der Waals surface area (Å²) < 4.78 is 2.28. The van der Waals surface area contributed by atoms with Crippen molar-refractivity contribution in [2.45, 2.75) is 52.4 Å². The van der Waals surface area contributed by atoms with E-state index in [2.05, 4.69) is 54.8 Å². The molecule has 0 saturated heterocycles. The standard InChI is InChI=1S/C23H27NO/c1-16-14-20(17(2)24(16)21-10-4-3-5-11-21)15-19-12-13-22(23(19)25)18-8-6-7-9-18/h3-5,10-11,14-15,18,22H,6-9,12-13H2,1-2H3/b19-15+. The number of para-hydroxylation sites is 1. The molecular formula is C23H27NO. The summed E-state index contributed by atoms with van der Waals surface area (Å²) in [6, 6.07) is 12.7. The van der Waals surface area contributed by atoms with Crippen LogP contribution in [-0.2, 0) is 4.79 Å². The molecular weight excluding hydrogens is 306 g/mol. The first-order valence-corrected chi connectivity index (χ1v) is 9.64. The molecule has 1 aromatic heterocycles. The van der Waals surface area contributed by atoms with Crippen molar-refractivity contribution in [1.82, 2.24) is 4.57 Å². The van der Waals surface area contributed by atoms with Crippen molar-refractivity contribution < 1.29 is 4.79 Å². The summed E-state index contributed by atoms with van der Waals surface area (Å²) in [5.74, 6) is 1.37. The first kappa shape index (κ1) is 16.4. The molecule has 4 rings (SSSR count). The van der Waals surface area contributed by atoms with E-state index < -0.39 is 0 Å². The average molecular weight is 333 g/mol. The first-order valence-electron chi connectivity index (χ1n) is 9.64. The van der Waals surface area contributed by atoms with Crippen LogP contribution >= 0.6 is 0 Å². The second-order valence-electron chi connectivity index (χ2n) is 7.72. The molecule has 2 saturated carbocycles. The maximum Gasteiger partial charge on any atom is 0.162 e. The fourth-order valence-electron chi connectivity index (χ4n) is 4.85. The van der Waals surface area contributed by atoms with Crippen LogP contribution in [0.5, 0.6) is 0 Å². The second-order valence-corrected chi connectivity index (χ2v) is 7.72. The van der Waals surface area contributed by atoms with Gasteiger partial charge in [0, 0.05) is 23.0 Å². The van der Waals surface area contributed by atoms with Crippen LogP contribution in [0, 0.1) is 25.7 Å². The van der Waals surface area contributed by atoms with Crippen LogP contribution in [0.2, 0.25) is 0 Å². The molecule has 0 radical (unpaired) electrons.